The summed E-state index contributed by atoms with van der Waals surface area (Å²) in [7, 11) is 0. The number of rotatable bonds is 4. The summed E-state index contributed by atoms with van der Waals surface area (Å²) < 4.78 is 27.8. The molecule has 1 aliphatic carbocycles. The normalized spacial score (nSPS) is 17.6. The zero-order valence-electron chi connectivity index (χ0n) is 11.1. The molecule has 3 nitrogen and oxygen atoms in total. The molecule has 0 amide bonds. The van der Waals surface area contributed by atoms with E-state index in [9.17, 15) is 8.76 Å². The first-order chi connectivity index (χ1) is 8.66. The fourth-order valence-electron chi connectivity index (χ4n) is 2.29. The third kappa shape index (κ3) is 5.37. The minimum Gasteiger partial charge on any atom is -0.768 e. The van der Waals surface area contributed by atoms with Gasteiger partial charge in [-0.3, -0.25) is 4.21 Å². The molecule has 1 fully saturated rings. The molecule has 0 heterocycles. The van der Waals surface area contributed by atoms with Gasteiger partial charge in [-0.25, -0.2) is 0 Å². The van der Waals surface area contributed by atoms with Crippen molar-refractivity contribution in [2.45, 2.75) is 37.0 Å². The van der Waals surface area contributed by atoms with E-state index in [4.69, 9.17) is 16.3 Å². The quantitative estimate of drug-likeness (QED) is 0.602. The summed E-state index contributed by atoms with van der Waals surface area (Å²) in [5.74, 6) is 0.945. The molecule has 0 N–H and O–H groups in total. The first-order valence-electron chi connectivity index (χ1n) is 6.18. The molecule has 19 heavy (non-hydrogen) atoms. The van der Waals surface area contributed by atoms with E-state index in [0.717, 1.165) is 0 Å². The molecule has 6 heteroatoms. The number of benzene rings is 1. The molecule has 1 saturated carbocycles. The van der Waals surface area contributed by atoms with Crippen LogP contribution < -0.4 is 34.3 Å². The topological polar surface area (TPSA) is 49.4 Å². The van der Waals surface area contributed by atoms with Crippen LogP contribution in [0, 0.1) is 5.92 Å². The summed E-state index contributed by atoms with van der Waals surface area (Å²) in [6.07, 6.45) is 6.13. The van der Waals surface area contributed by atoms with Crippen LogP contribution in [0.4, 0.5) is 0 Å². The maximum atomic E-state index is 11.1. The summed E-state index contributed by atoms with van der Waals surface area (Å²) in [5.41, 5.74) is 0. The van der Waals surface area contributed by atoms with E-state index in [-0.39, 0.29) is 34.5 Å². The number of hydrogen-bond donors (Lipinski definition) is 0. The summed E-state index contributed by atoms with van der Waals surface area (Å²) in [6.45, 7) is 0.589. The SMILES string of the molecule is O=S([O-])c1cc(Cl)ccc1OCC1CCCCC1.[Na+]. The molecule has 1 aromatic carbocycles. The van der Waals surface area contributed by atoms with E-state index in [1.165, 1.54) is 38.2 Å². The molecular formula is C13H16ClNaO3S. The predicted molar refractivity (Wildman–Crippen MR) is 70.7 cm³/mol. The van der Waals surface area contributed by atoms with Crippen molar-refractivity contribution in [1.82, 2.24) is 0 Å². The third-order valence-corrected chi connectivity index (χ3v) is 4.20. The molecule has 0 spiro atoms. The number of ether oxygens (including phenoxy) is 1. The molecular weight excluding hydrogens is 295 g/mol. The van der Waals surface area contributed by atoms with Gasteiger partial charge >= 0.3 is 29.6 Å². The molecule has 0 saturated heterocycles. The molecule has 1 unspecified atom stereocenters. The fraction of sp³-hybridized carbons (Fsp3) is 0.538. The second kappa shape index (κ2) is 8.65. The summed E-state index contributed by atoms with van der Waals surface area (Å²) in [4.78, 5) is 0.137. The zero-order chi connectivity index (χ0) is 13.0. The summed E-state index contributed by atoms with van der Waals surface area (Å²) in [5, 5.41) is 0.402. The van der Waals surface area contributed by atoms with Crippen LogP contribution in [0.1, 0.15) is 32.1 Å². The minimum absolute atomic E-state index is 0. The Labute approximate surface area is 143 Å². The predicted octanol–water partition coefficient (Wildman–Crippen LogP) is 0.541. The van der Waals surface area contributed by atoms with E-state index >= 15 is 0 Å². The van der Waals surface area contributed by atoms with Gasteiger partial charge in [0, 0.05) is 5.02 Å². The van der Waals surface area contributed by atoms with Gasteiger partial charge in [-0.05, 0) is 48.0 Å². The maximum Gasteiger partial charge on any atom is 1.00 e. The molecule has 0 bridgehead atoms. The Kier molecular flexibility index (Phi) is 7.95. The zero-order valence-corrected chi connectivity index (χ0v) is 14.6. The molecule has 0 aromatic heterocycles. The standard InChI is InChI=1S/C13H17ClO3S.Na/c14-11-6-7-12(13(8-11)18(15)16)17-9-10-4-2-1-3-5-10;/h6-8,10H,1-5,9H2,(H,15,16);/q;+1/p-1. The van der Waals surface area contributed by atoms with Crippen LogP contribution in [0.3, 0.4) is 0 Å². The molecule has 0 radical (unpaired) electrons. The van der Waals surface area contributed by atoms with Gasteiger partial charge in [0.15, 0.2) is 0 Å². The van der Waals surface area contributed by atoms with Crippen LogP contribution in [0.25, 0.3) is 0 Å². The first-order valence-corrected chi connectivity index (χ1v) is 7.63. The van der Waals surface area contributed by atoms with Gasteiger partial charge in [-0.2, -0.15) is 0 Å². The molecule has 1 atom stereocenters. The van der Waals surface area contributed by atoms with Crippen LogP contribution in [0.2, 0.25) is 5.02 Å². The van der Waals surface area contributed by atoms with Crippen molar-refractivity contribution in [2.75, 3.05) is 6.61 Å². The Hall–Kier alpha value is 0.420. The first kappa shape index (κ1) is 17.5. The van der Waals surface area contributed by atoms with Crippen LogP contribution in [-0.2, 0) is 11.1 Å². The van der Waals surface area contributed by atoms with Crippen LogP contribution in [-0.4, -0.2) is 15.4 Å². The Bertz CT molecular complexity index is 436. The van der Waals surface area contributed by atoms with Gasteiger partial charge in [0.2, 0.25) is 0 Å². The van der Waals surface area contributed by atoms with Gasteiger partial charge in [-0.1, -0.05) is 30.9 Å². The smallest absolute Gasteiger partial charge is 0.768 e. The summed E-state index contributed by atoms with van der Waals surface area (Å²) >= 11 is 3.46. The largest absolute Gasteiger partial charge is 1.00 e. The van der Waals surface area contributed by atoms with E-state index in [2.05, 4.69) is 0 Å². The van der Waals surface area contributed by atoms with Crippen molar-refractivity contribution in [1.29, 1.82) is 0 Å². The molecule has 1 aliphatic rings. The Morgan fingerprint density at radius 1 is 1.32 bits per heavy atom. The van der Waals surface area contributed by atoms with E-state index in [0.29, 0.717) is 23.3 Å². The van der Waals surface area contributed by atoms with Crippen molar-refractivity contribution in [3.8, 4) is 5.75 Å². The van der Waals surface area contributed by atoms with Crippen molar-refractivity contribution in [2.24, 2.45) is 5.92 Å². The average molecular weight is 311 g/mol. The molecule has 0 aliphatic heterocycles. The van der Waals surface area contributed by atoms with E-state index < -0.39 is 11.1 Å². The second-order valence-corrected chi connectivity index (χ2v) is 5.99. The third-order valence-electron chi connectivity index (χ3n) is 3.28. The van der Waals surface area contributed by atoms with Crippen LogP contribution in [0.15, 0.2) is 23.1 Å². The Morgan fingerprint density at radius 3 is 2.63 bits per heavy atom. The molecule has 1 aromatic rings. The molecule has 100 valence electrons. The van der Waals surface area contributed by atoms with Gasteiger partial charge < -0.3 is 9.29 Å². The van der Waals surface area contributed by atoms with Gasteiger partial charge in [-0.15, -0.1) is 0 Å². The van der Waals surface area contributed by atoms with Gasteiger partial charge in [0.05, 0.1) is 11.5 Å². The monoisotopic (exact) mass is 310 g/mol. The van der Waals surface area contributed by atoms with Crippen LogP contribution in [0.5, 0.6) is 5.75 Å². The van der Waals surface area contributed by atoms with Crippen LogP contribution >= 0.6 is 11.6 Å². The number of hydrogen-bond acceptors (Lipinski definition) is 3. The van der Waals surface area contributed by atoms with Crippen molar-refractivity contribution in [3.63, 3.8) is 0 Å². The second-order valence-electron chi connectivity index (χ2n) is 4.64. The summed E-state index contributed by atoms with van der Waals surface area (Å²) in [6, 6.07) is 4.69. The maximum absolute atomic E-state index is 11.1. The van der Waals surface area contributed by atoms with Crippen molar-refractivity contribution < 1.29 is 43.1 Å². The fourth-order valence-corrected chi connectivity index (χ4v) is 3.04. The number of halogens is 1. The Balaban J connectivity index is 0.00000180. The van der Waals surface area contributed by atoms with E-state index in [1.54, 1.807) is 12.1 Å². The average Bonchev–Trinajstić information content (AvgIpc) is 2.38. The minimum atomic E-state index is -2.32. The van der Waals surface area contributed by atoms with E-state index in [1.807, 2.05) is 0 Å². The molecule has 2 rings (SSSR count). The Morgan fingerprint density at radius 2 is 2.00 bits per heavy atom. The van der Waals surface area contributed by atoms with Gasteiger partial charge in [0.1, 0.15) is 5.75 Å². The van der Waals surface area contributed by atoms with Crippen molar-refractivity contribution >= 4 is 22.7 Å². The van der Waals surface area contributed by atoms with Gasteiger partial charge in [0.25, 0.3) is 0 Å². The van der Waals surface area contributed by atoms with Crippen molar-refractivity contribution in [3.05, 3.63) is 23.2 Å².